The summed E-state index contributed by atoms with van der Waals surface area (Å²) in [5.41, 5.74) is 6.85. The number of hydrogen-bond acceptors (Lipinski definition) is 13. The summed E-state index contributed by atoms with van der Waals surface area (Å²) >= 11 is 4.03. The Labute approximate surface area is 228 Å². The number of β-lactam (4-membered cyclic amide) rings is 1. The zero-order valence-electron chi connectivity index (χ0n) is 20.4. The number of nitrogens with zero attached hydrogens (tertiary/aromatic N) is 6. The monoisotopic (exact) mass is 574 g/mol. The van der Waals surface area contributed by atoms with Crippen molar-refractivity contribution in [1.82, 2.24) is 20.2 Å². The van der Waals surface area contributed by atoms with Gasteiger partial charge in [-0.05, 0) is 0 Å². The van der Waals surface area contributed by atoms with Gasteiger partial charge in [0.2, 0.25) is 0 Å². The number of nitrogens with one attached hydrogen (secondary N) is 1. The highest BCUT2D eigenvalue weighted by Crippen LogP contribution is 2.40. The summed E-state index contributed by atoms with van der Waals surface area (Å²) in [5.74, 6) is -2.37. The van der Waals surface area contributed by atoms with Gasteiger partial charge in [0.15, 0.2) is 34.9 Å². The molecule has 2 atom stereocenters. The first-order valence-corrected chi connectivity index (χ1v) is 13.9. The average Bonchev–Trinajstić information content (AvgIpc) is 3.51. The summed E-state index contributed by atoms with van der Waals surface area (Å²) in [5, 5.41) is 20.5. The number of anilines is 2. The van der Waals surface area contributed by atoms with E-state index in [-0.39, 0.29) is 28.8 Å². The summed E-state index contributed by atoms with van der Waals surface area (Å²) < 4.78 is 2.84. The molecule has 0 saturated carbocycles. The summed E-state index contributed by atoms with van der Waals surface area (Å²) in [6.45, 7) is 0.241. The number of nitrogen functional groups attached to an aromatic ring is 1. The number of oxime groups is 1. The Hall–Kier alpha value is -3.76. The largest absolute Gasteiger partial charge is 0.543 e. The van der Waals surface area contributed by atoms with E-state index in [2.05, 4.69) is 20.4 Å². The maximum atomic E-state index is 13.1. The van der Waals surface area contributed by atoms with Gasteiger partial charge in [-0.2, -0.15) is 4.57 Å². The maximum absolute atomic E-state index is 13.1. The average molecular weight is 575 g/mol. The van der Waals surface area contributed by atoms with Crippen LogP contribution in [0.15, 0.2) is 40.3 Å². The third-order valence-electron chi connectivity index (χ3n) is 5.82. The van der Waals surface area contributed by atoms with Gasteiger partial charge in [-0.15, -0.1) is 23.1 Å². The topological polar surface area (TPSA) is 170 Å². The van der Waals surface area contributed by atoms with E-state index in [1.807, 2.05) is 42.0 Å². The summed E-state index contributed by atoms with van der Waals surface area (Å²) in [6, 6.07) is 0.970. The number of carbonyl (C=O) groups excluding carboxylic acids is 3. The lowest BCUT2D eigenvalue weighted by Crippen LogP contribution is -2.71. The third-order valence-corrected chi connectivity index (χ3v) is 9.04. The van der Waals surface area contributed by atoms with Crippen LogP contribution < -0.4 is 25.6 Å². The third kappa shape index (κ3) is 4.65. The summed E-state index contributed by atoms with van der Waals surface area (Å²) in [6.07, 6.45) is 3.69. The number of rotatable bonds is 8. The van der Waals surface area contributed by atoms with Crippen LogP contribution in [-0.2, 0) is 25.8 Å². The van der Waals surface area contributed by atoms with Gasteiger partial charge >= 0.3 is 0 Å². The van der Waals surface area contributed by atoms with Gasteiger partial charge < -0.3 is 30.7 Å². The van der Waals surface area contributed by atoms with Gasteiger partial charge in [-0.3, -0.25) is 14.5 Å². The Balaban J connectivity index is 1.35. The van der Waals surface area contributed by atoms with Crippen LogP contribution in [0.3, 0.4) is 0 Å². The van der Waals surface area contributed by atoms with E-state index < -0.39 is 29.2 Å². The molecule has 5 heterocycles. The zero-order chi connectivity index (χ0) is 27.1. The van der Waals surface area contributed by atoms with Crippen LogP contribution in [0.5, 0.6) is 0 Å². The molecule has 198 valence electrons. The molecule has 0 aromatic carbocycles. The number of carboxylic acids is 1. The quantitative estimate of drug-likeness (QED) is 0.149. The van der Waals surface area contributed by atoms with Crippen molar-refractivity contribution in [2.75, 3.05) is 37.6 Å². The van der Waals surface area contributed by atoms with Crippen LogP contribution in [0.1, 0.15) is 5.69 Å². The molecular weight excluding hydrogens is 552 g/mol. The number of carbonyl (C=O) groups is 3. The molecule has 3 aromatic heterocycles. The molecule has 2 aliphatic heterocycles. The van der Waals surface area contributed by atoms with Crippen molar-refractivity contribution in [1.29, 1.82) is 0 Å². The van der Waals surface area contributed by atoms with Crippen LogP contribution >= 0.6 is 34.4 Å². The smallest absolute Gasteiger partial charge is 0.276 e. The number of aliphatic carboxylic acids is 1. The van der Waals surface area contributed by atoms with E-state index in [0.29, 0.717) is 11.3 Å². The molecule has 0 bridgehead atoms. The minimum absolute atomic E-state index is 0.143. The fourth-order valence-corrected chi connectivity index (χ4v) is 6.85. The Bertz CT molecular complexity index is 1510. The second-order valence-corrected chi connectivity index (χ2v) is 11.6. The number of nitrogens with two attached hydrogens (primary N) is 1. The molecule has 1 unspecified atom stereocenters. The first kappa shape index (κ1) is 25.9. The second kappa shape index (κ2) is 10.2. The minimum Gasteiger partial charge on any atom is -0.543 e. The van der Waals surface area contributed by atoms with E-state index in [1.165, 1.54) is 23.8 Å². The Morgan fingerprint density at radius 2 is 2.18 bits per heavy atom. The van der Waals surface area contributed by atoms with E-state index >= 15 is 0 Å². The molecule has 13 nitrogen and oxygen atoms in total. The van der Waals surface area contributed by atoms with E-state index in [4.69, 9.17) is 10.6 Å². The highest BCUT2D eigenvalue weighted by Gasteiger charge is 2.53. The number of fused-ring (bicyclic) bond motifs is 2. The Kier molecular flexibility index (Phi) is 6.93. The molecule has 2 aliphatic rings. The van der Waals surface area contributed by atoms with Crippen LogP contribution in [0, 0.1) is 0 Å². The van der Waals surface area contributed by atoms with Gasteiger partial charge in [0.05, 0.1) is 16.4 Å². The molecule has 0 aliphatic carbocycles. The summed E-state index contributed by atoms with van der Waals surface area (Å²) in [7, 11) is 5.11. The fourth-order valence-electron chi connectivity index (χ4n) is 4.11. The molecule has 3 aromatic rings. The lowest BCUT2D eigenvalue weighted by molar-refractivity contribution is -0.687. The minimum atomic E-state index is -1.45. The molecule has 3 N–H and O–H groups in total. The zero-order valence-corrected chi connectivity index (χ0v) is 22.9. The standard InChI is InChI=1S/C22H22N8O5S3/c1-28(2)22-25-11-7-29(5-4-13(11)38-22)6-10-8-36-19-15(18(32)30(19)16(10)20(33)34)26-17(31)14(27-35-3)12-9-37-21(23)24-12/h4-5,7,9,15,19H,6,8H2,1-3H3,(H3-,23,24,26,31,33,34)/b27-14-/t15?,19-/m1/s1. The van der Waals surface area contributed by atoms with Gasteiger partial charge in [0.1, 0.15) is 29.7 Å². The second-order valence-electron chi connectivity index (χ2n) is 8.55. The first-order valence-electron chi connectivity index (χ1n) is 11.2. The predicted octanol–water partition coefficient (Wildman–Crippen LogP) is -0.857. The molecule has 0 radical (unpaired) electrons. The number of thioether (sulfide) groups is 1. The molecule has 5 rings (SSSR count). The Morgan fingerprint density at radius 3 is 2.84 bits per heavy atom. The lowest BCUT2D eigenvalue weighted by atomic mass is 10.0. The van der Waals surface area contributed by atoms with Gasteiger partial charge in [-0.1, -0.05) is 16.5 Å². The first-order chi connectivity index (χ1) is 18.2. The van der Waals surface area contributed by atoms with E-state index in [9.17, 15) is 19.5 Å². The summed E-state index contributed by atoms with van der Waals surface area (Å²) in [4.78, 5) is 54.6. The molecule has 16 heteroatoms. The molecule has 2 amide bonds. The van der Waals surface area contributed by atoms with Crippen LogP contribution in [0.2, 0.25) is 0 Å². The van der Waals surface area contributed by atoms with Crippen molar-refractivity contribution in [3.8, 4) is 0 Å². The highest BCUT2D eigenvalue weighted by molar-refractivity contribution is 8.00. The number of aromatic nitrogens is 3. The number of amides is 2. The van der Waals surface area contributed by atoms with Gasteiger partial charge in [-0.25, -0.2) is 9.97 Å². The molecule has 38 heavy (non-hydrogen) atoms. The van der Waals surface area contributed by atoms with Crippen molar-refractivity contribution >= 4 is 78.4 Å². The lowest BCUT2D eigenvalue weighted by Gasteiger charge is -2.50. The molecular formula is C22H22N8O5S3. The normalized spacial score (nSPS) is 19.3. The van der Waals surface area contributed by atoms with Crippen molar-refractivity contribution in [2.24, 2.45) is 5.16 Å². The van der Waals surface area contributed by atoms with Crippen LogP contribution in [0.4, 0.5) is 10.3 Å². The number of carboxylic acid groups (broad SMARTS) is 1. The van der Waals surface area contributed by atoms with Crippen molar-refractivity contribution in [2.45, 2.75) is 18.0 Å². The molecule has 1 saturated heterocycles. The maximum Gasteiger partial charge on any atom is 0.276 e. The molecule has 0 spiro atoms. The number of pyridine rings is 1. The number of thiazole rings is 2. The highest BCUT2D eigenvalue weighted by atomic mass is 32.2. The number of hydrogen-bond donors (Lipinski definition) is 2. The van der Waals surface area contributed by atoms with Gasteiger partial charge in [0, 0.05) is 36.9 Å². The van der Waals surface area contributed by atoms with Crippen LogP contribution in [-0.4, -0.2) is 76.7 Å². The van der Waals surface area contributed by atoms with E-state index in [1.54, 1.807) is 16.7 Å². The van der Waals surface area contributed by atoms with Crippen molar-refractivity contribution < 1.29 is 28.9 Å². The van der Waals surface area contributed by atoms with Crippen LogP contribution in [0.25, 0.3) is 10.2 Å². The SMILES string of the molecule is CO/N=C(\C(=O)NC1C(=O)N2C(C(=O)[O-])=C(C[n+]3ccc4sc(N(C)C)nc4c3)CS[C@H]12)c1csc(N)n1. The van der Waals surface area contributed by atoms with E-state index in [0.717, 1.165) is 26.7 Å². The Morgan fingerprint density at radius 1 is 1.39 bits per heavy atom. The fraction of sp³-hybridized carbons (Fsp3) is 0.318. The van der Waals surface area contributed by atoms with Crippen molar-refractivity contribution in [3.63, 3.8) is 0 Å². The van der Waals surface area contributed by atoms with Gasteiger partial charge in [0.25, 0.3) is 11.8 Å². The molecule has 1 fully saturated rings. The predicted molar refractivity (Wildman–Crippen MR) is 141 cm³/mol. The van der Waals surface area contributed by atoms with Crippen molar-refractivity contribution in [3.05, 3.63) is 40.8 Å².